The van der Waals surface area contributed by atoms with Gasteiger partial charge in [-0.05, 0) is 113 Å². The number of benzene rings is 1. The van der Waals surface area contributed by atoms with Crippen LogP contribution in [0.4, 0.5) is 5.82 Å². The van der Waals surface area contributed by atoms with Crippen LogP contribution in [0.3, 0.4) is 0 Å². The van der Waals surface area contributed by atoms with E-state index in [-0.39, 0.29) is 93.2 Å². The van der Waals surface area contributed by atoms with E-state index in [1.807, 2.05) is 34.6 Å². The number of allylic oxidation sites excluding steroid dienone is 6. The maximum atomic E-state index is 14.4. The molecular weight excluding hydrogens is 1550 g/mol. The SMILES string of the molecule is C/C1=C2/[N-][C@H]([C@H](CC(N)=O)[C@@]2(C)CCC(=O)NC[C@@H](C)OP(=O)([O-])O[C@H]2[C@@H](O)[C@@H](n3cnc4cc(C)ccc43)O[C@@H]2COP(=O)([O-])[O-])[C@]2(C)N=C(/C(C)=C3N=C(/C=C4N=C1[C@@H](CCC(N)=O)C\4(C)C)[C@@H](CCC(N)=O)[C@]\3(C)CC(N)=O)[C@@H](CCC(N)=O)[C@]2(C)CC(N)=O.[CH2-][C@H]1O[C@@H](n2cnc3c(N)ncnc32)[C@H](O)[C@@H]1O.[Co]. The molecule has 3 saturated heterocycles. The Kier molecular flexibility index (Phi) is 26.2. The number of carbonyl (C=O) groups excluding carboxylic acids is 7. The predicted molar refractivity (Wildman–Crippen MR) is 394 cm³/mol. The molecule has 19 atom stereocenters. The van der Waals surface area contributed by atoms with Crippen LogP contribution in [0.1, 0.15) is 151 Å². The summed E-state index contributed by atoms with van der Waals surface area (Å²) in [6.07, 6.45) is -7.42. The summed E-state index contributed by atoms with van der Waals surface area (Å²) in [7, 11) is -11.2. The number of hydrogen-bond acceptors (Lipinski definition) is 28. The average molecular weight is 1640 g/mol. The number of nitrogen functional groups attached to an aromatic ring is 1. The number of amides is 7. The Morgan fingerprint density at radius 3 is 1.95 bits per heavy atom. The van der Waals surface area contributed by atoms with E-state index in [1.54, 1.807) is 52.0 Å². The molecule has 0 aliphatic carbocycles. The quantitative estimate of drug-likeness (QED) is 0.0263. The van der Waals surface area contributed by atoms with Crippen molar-refractivity contribution >= 4 is 102 Å². The second-order valence-electron chi connectivity index (χ2n) is 31.2. The number of primary amides is 6. The van der Waals surface area contributed by atoms with Crippen LogP contribution in [0.25, 0.3) is 27.5 Å². The van der Waals surface area contributed by atoms with Crippen molar-refractivity contribution in [2.24, 2.45) is 94.7 Å². The summed E-state index contributed by atoms with van der Waals surface area (Å²) in [5.74, 6) is -7.49. The smallest absolute Gasteiger partial charge is 0.268 e. The predicted octanol–water partition coefficient (Wildman–Crippen LogP) is 0.719. The molecule has 4 aromatic rings. The maximum absolute atomic E-state index is 14.4. The minimum atomic E-state index is -5.65. The zero-order valence-electron chi connectivity index (χ0n) is 63.5. The number of hydrogen-bond donors (Lipinski definition) is 11. The molecular formula is C71H97CoN18O20P2-5. The third-order valence-corrected chi connectivity index (χ3v) is 24.8. The molecule has 8 bridgehead atoms. The first kappa shape index (κ1) is 87.8. The fourth-order valence-electron chi connectivity index (χ4n) is 17.4. The Hall–Kier alpha value is -8.11. The van der Waals surface area contributed by atoms with Crippen LogP contribution in [-0.4, -0.2) is 170 Å². The second-order valence-corrected chi connectivity index (χ2v) is 33.7. The van der Waals surface area contributed by atoms with Crippen molar-refractivity contribution in [3.05, 3.63) is 89.3 Å². The van der Waals surface area contributed by atoms with Crippen molar-refractivity contribution in [2.75, 3.05) is 18.9 Å². The van der Waals surface area contributed by atoms with Crippen LogP contribution in [-0.2, 0) is 82.5 Å². The zero-order valence-corrected chi connectivity index (χ0v) is 66.4. The Morgan fingerprint density at radius 2 is 1.35 bits per heavy atom. The van der Waals surface area contributed by atoms with Crippen LogP contribution < -0.4 is 60.1 Å². The van der Waals surface area contributed by atoms with Gasteiger partial charge in [-0.25, -0.2) is 19.9 Å². The number of anilines is 1. The number of rotatable bonds is 29. The van der Waals surface area contributed by atoms with Gasteiger partial charge >= 0.3 is 0 Å². The van der Waals surface area contributed by atoms with Gasteiger partial charge in [-0.3, -0.25) is 57.7 Å². The van der Waals surface area contributed by atoms with Gasteiger partial charge in [0.15, 0.2) is 23.9 Å². The molecule has 38 nitrogen and oxygen atoms in total. The van der Waals surface area contributed by atoms with Gasteiger partial charge in [0, 0.05) is 125 Å². The van der Waals surface area contributed by atoms with Crippen molar-refractivity contribution in [1.82, 2.24) is 34.4 Å². The molecule has 1 aromatic carbocycles. The molecule has 0 saturated carbocycles. The summed E-state index contributed by atoms with van der Waals surface area (Å²) < 4.78 is 54.5. The van der Waals surface area contributed by atoms with Crippen LogP contribution in [0, 0.1) is 59.2 Å². The van der Waals surface area contributed by atoms with Gasteiger partial charge in [-0.1, -0.05) is 46.7 Å². The maximum Gasteiger partial charge on any atom is 0.268 e. The van der Waals surface area contributed by atoms with E-state index in [1.165, 1.54) is 35.0 Å². The molecule has 11 rings (SSSR count). The van der Waals surface area contributed by atoms with Crippen molar-refractivity contribution in [1.29, 1.82) is 0 Å². The van der Waals surface area contributed by atoms with Crippen molar-refractivity contribution in [3.8, 4) is 0 Å². The first-order chi connectivity index (χ1) is 51.7. The molecule has 18 N–H and O–H groups in total. The topological polar surface area (TPSA) is 636 Å². The molecule has 10 heterocycles. The van der Waals surface area contributed by atoms with Crippen LogP contribution in [0.2, 0.25) is 0 Å². The number of nitrogens with one attached hydrogen (secondary N) is 1. The first-order valence-electron chi connectivity index (χ1n) is 36.2. The minimum Gasteiger partial charge on any atom is -0.790 e. The molecule has 112 heavy (non-hydrogen) atoms. The number of ether oxygens (including phenoxy) is 2. The summed E-state index contributed by atoms with van der Waals surface area (Å²) in [4.78, 5) is 163. The number of aromatic nitrogens is 6. The molecule has 7 aliphatic heterocycles. The molecule has 615 valence electrons. The number of aliphatic imine (C=N–C) groups is 3. The first-order valence-corrected chi connectivity index (χ1v) is 39.1. The van der Waals surface area contributed by atoms with Gasteiger partial charge in [0.2, 0.25) is 41.4 Å². The number of carbonyl (C=O) groups is 7. The normalized spacial score (nSPS) is 33.1. The van der Waals surface area contributed by atoms with Gasteiger partial charge in [0.1, 0.15) is 36.3 Å². The number of fused-ring (bicyclic) bond motifs is 8. The fourth-order valence-corrected chi connectivity index (χ4v) is 18.8. The number of imidazole rings is 2. The van der Waals surface area contributed by atoms with Crippen LogP contribution >= 0.6 is 15.6 Å². The van der Waals surface area contributed by atoms with E-state index < -0.39 is 182 Å². The molecule has 41 heteroatoms. The number of phosphoric ester groups is 2. The van der Waals surface area contributed by atoms with E-state index >= 15 is 0 Å². The minimum absolute atomic E-state index is 0. The van der Waals surface area contributed by atoms with Gasteiger partial charge in [0.25, 0.3) is 7.82 Å². The standard InChI is InChI=1S/C61H89N13O17P2.C10H12N5O3.Co/c1-29-11-15-39-38(21-29)69-28-74(39)56-51(82)52(40(89-56)27-88-92(83,84)85)91-93(86,87)90-30(2)26-68-48(81)19-20-58(7)36(22-45(65)78)55-61(10)60(9,25-47(67)80)35(14-18-44(64)77)50(73-61)32(4)54-59(8,24-46(66)79)33(12-16-42(62)75)37(70-54)23-41-57(5,6)34(13-17-43(63)76)49(71-41)31(3)53(58)72-55;1-4-6(16)7(17)10(18-4)15-3-14-5-8(11)12-2-13-9(5)15;/h11,15,21,23,28,30,33-36,40,51-52,55-56,82H,12-14,16-20,22,24-27H2,1-10H3,(H17,62,63,64,65,66,67,68,70,71,72,73,75,76,77,78,79,80,81,83,84,85,86,87);2-4,6-7,10,16-17H,1H2,(H2,11,12,13);/q;-1;/p-4/t30-,33-,34-,35-,36+,40-,51-,52-,55-,56+,58-,59+,60+,61+;4-,6-,7-,10-;/m11./s1. The van der Waals surface area contributed by atoms with Gasteiger partial charge in [-0.15, -0.1) is 0 Å². The van der Waals surface area contributed by atoms with E-state index in [0.717, 1.165) is 5.56 Å². The van der Waals surface area contributed by atoms with Gasteiger partial charge in [-0.2, -0.15) is 5.70 Å². The molecule has 1 unspecified atom stereocenters. The summed E-state index contributed by atoms with van der Waals surface area (Å²) >= 11 is 0. The number of aliphatic hydroxyl groups excluding tert-OH is 3. The third kappa shape index (κ3) is 17.6. The third-order valence-electron chi connectivity index (χ3n) is 23.2. The van der Waals surface area contributed by atoms with Crippen molar-refractivity contribution in [2.45, 2.75) is 207 Å². The number of phosphoric acid groups is 2. The summed E-state index contributed by atoms with van der Waals surface area (Å²) in [6, 6.07) is 4.07. The molecule has 7 amide bonds. The number of nitrogens with zero attached hydrogens (tertiary/aromatic N) is 10. The van der Waals surface area contributed by atoms with Gasteiger partial charge < -0.3 is 120 Å². The zero-order chi connectivity index (χ0) is 81.9. The Bertz CT molecular complexity index is 4670. The van der Waals surface area contributed by atoms with E-state index in [0.29, 0.717) is 67.6 Å². The average Bonchev–Trinajstić information content (AvgIpc) is 1.52. The van der Waals surface area contributed by atoms with Crippen LogP contribution in [0.15, 0.2) is 86.5 Å². The summed E-state index contributed by atoms with van der Waals surface area (Å²) in [5.41, 5.74) is 41.4. The number of aliphatic hydroxyl groups is 3. The second kappa shape index (κ2) is 33.4. The fraction of sp³-hybridized carbons (Fsp3) is 0.592. The number of aryl methyl sites for hydroxylation is 1. The van der Waals surface area contributed by atoms with Gasteiger partial charge in [0.05, 0.1) is 61.6 Å². The van der Waals surface area contributed by atoms with E-state index in [9.17, 15) is 72.7 Å². The monoisotopic (exact) mass is 1640 g/mol. The number of nitrogens with two attached hydrogens (primary N) is 7. The summed E-state index contributed by atoms with van der Waals surface area (Å²) in [6.45, 7) is 19.9. The Balaban J connectivity index is 0.000000657. The molecule has 3 fully saturated rings. The Labute approximate surface area is 655 Å². The molecule has 0 spiro atoms. The van der Waals surface area contributed by atoms with Crippen LogP contribution in [0.5, 0.6) is 0 Å². The summed E-state index contributed by atoms with van der Waals surface area (Å²) in [5, 5.41) is 39.4. The largest absolute Gasteiger partial charge is 0.790 e. The molecule has 7 aliphatic rings. The van der Waals surface area contributed by atoms with Crippen molar-refractivity contribution < 1.29 is 113 Å². The molecule has 3 aromatic heterocycles. The Morgan fingerprint density at radius 1 is 0.732 bits per heavy atom. The van der Waals surface area contributed by atoms with E-state index in [4.69, 9.17) is 79.0 Å². The van der Waals surface area contributed by atoms with E-state index in [2.05, 4.69) is 36.7 Å². The van der Waals surface area contributed by atoms with Crippen molar-refractivity contribution in [3.63, 3.8) is 0 Å². The molecule has 1 radical (unpaired) electrons.